The molecule has 0 aliphatic heterocycles. The highest BCUT2D eigenvalue weighted by atomic mass is 19.1. The van der Waals surface area contributed by atoms with Crippen LogP contribution in [0.2, 0.25) is 0 Å². The molecule has 90 valence electrons. The topological polar surface area (TPSA) is 25.2 Å². The van der Waals surface area contributed by atoms with Crippen molar-refractivity contribution in [1.82, 2.24) is 5.32 Å². The van der Waals surface area contributed by atoms with Crippen LogP contribution in [-0.4, -0.2) is 6.04 Å². The van der Waals surface area contributed by atoms with Gasteiger partial charge >= 0.3 is 0 Å². The summed E-state index contributed by atoms with van der Waals surface area (Å²) < 4.78 is 19.0. The monoisotopic (exact) mass is 233 g/mol. The van der Waals surface area contributed by atoms with Crippen molar-refractivity contribution < 1.29 is 8.81 Å². The maximum absolute atomic E-state index is 13.9. The van der Waals surface area contributed by atoms with E-state index in [0.29, 0.717) is 23.9 Å². The second-order valence-electron chi connectivity index (χ2n) is 4.33. The van der Waals surface area contributed by atoms with Crippen LogP contribution in [0, 0.1) is 5.82 Å². The Hall–Kier alpha value is -1.61. The third kappa shape index (κ3) is 2.94. The first-order valence-corrected chi connectivity index (χ1v) is 5.72. The van der Waals surface area contributed by atoms with Gasteiger partial charge in [-0.1, -0.05) is 19.9 Å². The van der Waals surface area contributed by atoms with Crippen molar-refractivity contribution >= 4 is 0 Å². The van der Waals surface area contributed by atoms with Crippen molar-refractivity contribution in [2.45, 2.75) is 26.4 Å². The lowest BCUT2D eigenvalue weighted by Gasteiger charge is -2.09. The third-order valence-corrected chi connectivity index (χ3v) is 2.53. The Morgan fingerprint density at radius 3 is 2.71 bits per heavy atom. The van der Waals surface area contributed by atoms with Gasteiger partial charge in [0.1, 0.15) is 11.6 Å². The Balaban J connectivity index is 2.17. The van der Waals surface area contributed by atoms with E-state index in [1.54, 1.807) is 30.5 Å². The summed E-state index contributed by atoms with van der Waals surface area (Å²) in [5.41, 5.74) is 1.44. The van der Waals surface area contributed by atoms with E-state index in [-0.39, 0.29) is 5.82 Å². The van der Waals surface area contributed by atoms with Gasteiger partial charge < -0.3 is 9.73 Å². The molecular formula is C14H16FNO. The van der Waals surface area contributed by atoms with Crippen molar-refractivity contribution in [2.24, 2.45) is 0 Å². The molecule has 2 rings (SSSR count). The molecule has 2 nitrogen and oxygen atoms in total. The highest BCUT2D eigenvalue weighted by molar-refractivity contribution is 5.58. The van der Waals surface area contributed by atoms with Crippen LogP contribution in [0.1, 0.15) is 19.4 Å². The summed E-state index contributed by atoms with van der Waals surface area (Å²) in [5.74, 6) is 0.314. The first kappa shape index (κ1) is 11.9. The van der Waals surface area contributed by atoms with Crippen LogP contribution in [0.4, 0.5) is 4.39 Å². The van der Waals surface area contributed by atoms with Gasteiger partial charge in [-0.2, -0.15) is 0 Å². The summed E-state index contributed by atoms with van der Waals surface area (Å²) in [7, 11) is 0. The zero-order chi connectivity index (χ0) is 12.3. The second kappa shape index (κ2) is 5.15. The molecule has 0 saturated heterocycles. The molecule has 1 N–H and O–H groups in total. The van der Waals surface area contributed by atoms with E-state index in [4.69, 9.17) is 4.42 Å². The first-order valence-electron chi connectivity index (χ1n) is 5.72. The summed E-state index contributed by atoms with van der Waals surface area (Å²) in [6.07, 6.45) is 1.54. The predicted octanol–water partition coefficient (Wildman–Crippen LogP) is 3.58. The van der Waals surface area contributed by atoms with Crippen LogP contribution < -0.4 is 5.32 Å². The van der Waals surface area contributed by atoms with E-state index in [9.17, 15) is 4.39 Å². The molecule has 1 aromatic heterocycles. The van der Waals surface area contributed by atoms with Gasteiger partial charge in [-0.3, -0.25) is 0 Å². The summed E-state index contributed by atoms with van der Waals surface area (Å²) in [6.45, 7) is 4.80. The molecule has 1 heterocycles. The summed E-state index contributed by atoms with van der Waals surface area (Å²) in [5, 5.41) is 3.25. The largest absolute Gasteiger partial charge is 0.464 e. The molecule has 2 aromatic rings. The molecule has 3 heteroatoms. The third-order valence-electron chi connectivity index (χ3n) is 2.53. The molecule has 0 radical (unpaired) electrons. The number of benzene rings is 1. The average molecular weight is 233 g/mol. The van der Waals surface area contributed by atoms with Crippen molar-refractivity contribution in [2.75, 3.05) is 0 Å². The van der Waals surface area contributed by atoms with E-state index in [1.807, 2.05) is 6.07 Å². The lowest BCUT2D eigenvalue weighted by atomic mass is 10.1. The van der Waals surface area contributed by atoms with Crippen LogP contribution >= 0.6 is 0 Å². The molecule has 0 atom stereocenters. The van der Waals surface area contributed by atoms with Crippen LogP contribution in [0.5, 0.6) is 0 Å². The summed E-state index contributed by atoms with van der Waals surface area (Å²) in [6, 6.07) is 9.12. The van der Waals surface area contributed by atoms with E-state index >= 15 is 0 Å². The zero-order valence-electron chi connectivity index (χ0n) is 10.0. The number of hydrogen-bond donors (Lipinski definition) is 1. The van der Waals surface area contributed by atoms with E-state index in [1.165, 1.54) is 0 Å². The predicted molar refractivity (Wildman–Crippen MR) is 66.1 cm³/mol. The second-order valence-corrected chi connectivity index (χ2v) is 4.33. The minimum absolute atomic E-state index is 0.247. The fourth-order valence-electron chi connectivity index (χ4n) is 1.62. The summed E-state index contributed by atoms with van der Waals surface area (Å²) in [4.78, 5) is 0. The number of nitrogens with one attached hydrogen (secondary N) is 1. The minimum Gasteiger partial charge on any atom is -0.464 e. The van der Waals surface area contributed by atoms with Gasteiger partial charge in [-0.25, -0.2) is 4.39 Å². The Morgan fingerprint density at radius 1 is 1.29 bits per heavy atom. The Kier molecular flexibility index (Phi) is 3.59. The standard InChI is InChI=1S/C14H16FNO/c1-10(2)16-9-11-5-6-12(13(15)8-11)14-4-3-7-17-14/h3-8,10,16H,9H2,1-2H3. The van der Waals surface area contributed by atoms with Gasteiger partial charge in [0.2, 0.25) is 0 Å². The quantitative estimate of drug-likeness (QED) is 0.873. The van der Waals surface area contributed by atoms with Gasteiger partial charge in [0.15, 0.2) is 0 Å². The van der Waals surface area contributed by atoms with Crippen LogP contribution in [0.15, 0.2) is 41.0 Å². The maximum Gasteiger partial charge on any atom is 0.136 e. The highest BCUT2D eigenvalue weighted by Gasteiger charge is 2.08. The number of hydrogen-bond acceptors (Lipinski definition) is 2. The molecule has 0 aliphatic rings. The Labute approximate surface area is 100 Å². The molecule has 0 bridgehead atoms. The van der Waals surface area contributed by atoms with Crippen molar-refractivity contribution in [3.63, 3.8) is 0 Å². The smallest absolute Gasteiger partial charge is 0.136 e. The molecule has 0 spiro atoms. The first-order chi connectivity index (χ1) is 8.16. The lowest BCUT2D eigenvalue weighted by Crippen LogP contribution is -2.21. The van der Waals surface area contributed by atoms with E-state index in [2.05, 4.69) is 19.2 Å². The molecule has 0 amide bonds. The average Bonchev–Trinajstić information content (AvgIpc) is 2.79. The number of halogens is 1. The molecule has 0 unspecified atom stereocenters. The van der Waals surface area contributed by atoms with Gasteiger partial charge in [0.25, 0.3) is 0 Å². The molecule has 0 fully saturated rings. The Morgan fingerprint density at radius 2 is 2.12 bits per heavy atom. The van der Waals surface area contributed by atoms with E-state index in [0.717, 1.165) is 5.56 Å². The van der Waals surface area contributed by atoms with E-state index < -0.39 is 0 Å². The highest BCUT2D eigenvalue weighted by Crippen LogP contribution is 2.23. The van der Waals surface area contributed by atoms with Gasteiger partial charge in [-0.05, 0) is 29.8 Å². The molecular weight excluding hydrogens is 217 g/mol. The van der Waals surface area contributed by atoms with Crippen molar-refractivity contribution in [3.05, 3.63) is 48.0 Å². The van der Waals surface area contributed by atoms with Gasteiger partial charge in [-0.15, -0.1) is 0 Å². The van der Waals surface area contributed by atoms with Crippen LogP contribution in [0.3, 0.4) is 0 Å². The molecule has 17 heavy (non-hydrogen) atoms. The normalized spacial score (nSPS) is 11.1. The lowest BCUT2D eigenvalue weighted by molar-refractivity contribution is 0.565. The SMILES string of the molecule is CC(C)NCc1ccc(-c2ccco2)c(F)c1. The molecule has 0 saturated carbocycles. The molecule has 0 aliphatic carbocycles. The summed E-state index contributed by atoms with van der Waals surface area (Å²) >= 11 is 0. The van der Waals surface area contributed by atoms with Crippen molar-refractivity contribution in [3.8, 4) is 11.3 Å². The maximum atomic E-state index is 13.9. The molecule has 1 aromatic carbocycles. The minimum atomic E-state index is -0.247. The number of furan rings is 1. The number of rotatable bonds is 4. The fraction of sp³-hybridized carbons (Fsp3) is 0.286. The fourth-order valence-corrected chi connectivity index (χ4v) is 1.62. The van der Waals surface area contributed by atoms with Crippen LogP contribution in [-0.2, 0) is 6.54 Å². The van der Waals surface area contributed by atoms with Crippen LogP contribution in [0.25, 0.3) is 11.3 Å². The van der Waals surface area contributed by atoms with Crippen molar-refractivity contribution in [1.29, 1.82) is 0 Å². The van der Waals surface area contributed by atoms with Gasteiger partial charge in [0, 0.05) is 12.6 Å². The zero-order valence-corrected chi connectivity index (χ0v) is 10.0. The van der Waals surface area contributed by atoms with Gasteiger partial charge in [0.05, 0.1) is 11.8 Å². The Bertz CT molecular complexity index is 477.